The van der Waals surface area contributed by atoms with Crippen molar-refractivity contribution in [2.45, 2.75) is 20.3 Å². The molecule has 136 valence electrons. The SMILES string of the molecule is CCc1ccccc1NC(=O)c1ccnc(N2CCN(C(C)=O)CC2)n1. The first kappa shape index (κ1) is 17.8. The van der Waals surface area contributed by atoms with Crippen molar-refractivity contribution in [3.63, 3.8) is 0 Å². The number of aryl methyl sites for hydroxylation is 1. The first-order valence-corrected chi connectivity index (χ1v) is 8.81. The van der Waals surface area contributed by atoms with E-state index in [1.807, 2.05) is 29.2 Å². The van der Waals surface area contributed by atoms with E-state index in [1.54, 1.807) is 24.1 Å². The third kappa shape index (κ3) is 3.99. The Balaban J connectivity index is 1.71. The predicted molar refractivity (Wildman–Crippen MR) is 100 cm³/mol. The van der Waals surface area contributed by atoms with Gasteiger partial charge in [-0.2, -0.15) is 0 Å². The summed E-state index contributed by atoms with van der Waals surface area (Å²) in [6.07, 6.45) is 2.44. The number of nitrogens with zero attached hydrogens (tertiary/aromatic N) is 4. The molecule has 1 aromatic heterocycles. The summed E-state index contributed by atoms with van der Waals surface area (Å²) < 4.78 is 0. The Labute approximate surface area is 153 Å². The Morgan fingerprint density at radius 1 is 1.12 bits per heavy atom. The molecule has 0 saturated carbocycles. The predicted octanol–water partition coefficient (Wildman–Crippen LogP) is 1.96. The van der Waals surface area contributed by atoms with Gasteiger partial charge in [-0.05, 0) is 24.1 Å². The van der Waals surface area contributed by atoms with Crippen molar-refractivity contribution in [3.8, 4) is 0 Å². The number of anilines is 2. The molecular weight excluding hydrogens is 330 g/mol. The number of aromatic nitrogens is 2. The van der Waals surface area contributed by atoms with Gasteiger partial charge in [-0.1, -0.05) is 25.1 Å². The van der Waals surface area contributed by atoms with Crippen LogP contribution < -0.4 is 10.2 Å². The number of carbonyl (C=O) groups excluding carboxylic acids is 2. The highest BCUT2D eigenvalue weighted by Gasteiger charge is 2.21. The highest BCUT2D eigenvalue weighted by Crippen LogP contribution is 2.17. The summed E-state index contributed by atoms with van der Waals surface area (Å²) in [5, 5.41) is 2.93. The Morgan fingerprint density at radius 3 is 2.54 bits per heavy atom. The summed E-state index contributed by atoms with van der Waals surface area (Å²) in [5.74, 6) is 0.342. The molecule has 0 unspecified atom stereocenters. The molecule has 0 spiro atoms. The van der Waals surface area contributed by atoms with Crippen LogP contribution in [0, 0.1) is 0 Å². The molecule has 26 heavy (non-hydrogen) atoms. The molecule has 1 aliphatic heterocycles. The van der Waals surface area contributed by atoms with Crippen molar-refractivity contribution < 1.29 is 9.59 Å². The number of piperazine rings is 1. The Kier molecular flexibility index (Phi) is 5.46. The summed E-state index contributed by atoms with van der Waals surface area (Å²) >= 11 is 0. The molecule has 2 heterocycles. The molecule has 7 heteroatoms. The fraction of sp³-hybridized carbons (Fsp3) is 0.368. The number of carbonyl (C=O) groups is 2. The second kappa shape index (κ2) is 7.95. The second-order valence-electron chi connectivity index (χ2n) is 6.20. The molecule has 0 aliphatic carbocycles. The number of hydrogen-bond acceptors (Lipinski definition) is 5. The third-order valence-corrected chi connectivity index (χ3v) is 4.53. The van der Waals surface area contributed by atoms with Crippen LogP contribution in [0.4, 0.5) is 11.6 Å². The molecule has 1 aliphatic rings. The van der Waals surface area contributed by atoms with Gasteiger partial charge in [-0.15, -0.1) is 0 Å². The quantitative estimate of drug-likeness (QED) is 0.909. The lowest BCUT2D eigenvalue weighted by Gasteiger charge is -2.34. The average Bonchev–Trinajstić information content (AvgIpc) is 2.68. The van der Waals surface area contributed by atoms with E-state index in [1.165, 1.54) is 0 Å². The van der Waals surface area contributed by atoms with E-state index >= 15 is 0 Å². The van der Waals surface area contributed by atoms with E-state index in [2.05, 4.69) is 22.2 Å². The lowest BCUT2D eigenvalue weighted by molar-refractivity contribution is -0.129. The molecule has 7 nitrogen and oxygen atoms in total. The minimum absolute atomic E-state index is 0.0771. The van der Waals surface area contributed by atoms with Crippen molar-refractivity contribution in [2.75, 3.05) is 36.4 Å². The molecule has 2 amide bonds. The van der Waals surface area contributed by atoms with Gasteiger partial charge >= 0.3 is 0 Å². The lowest BCUT2D eigenvalue weighted by Crippen LogP contribution is -2.48. The smallest absolute Gasteiger partial charge is 0.274 e. The van der Waals surface area contributed by atoms with Crippen LogP contribution in [-0.2, 0) is 11.2 Å². The zero-order chi connectivity index (χ0) is 18.5. The number of hydrogen-bond donors (Lipinski definition) is 1. The summed E-state index contributed by atoms with van der Waals surface area (Å²) in [7, 11) is 0. The van der Waals surface area contributed by atoms with Crippen LogP contribution in [0.5, 0.6) is 0 Å². The zero-order valence-electron chi connectivity index (χ0n) is 15.1. The number of nitrogens with one attached hydrogen (secondary N) is 1. The first-order chi connectivity index (χ1) is 12.6. The van der Waals surface area contributed by atoms with Gasteiger partial charge in [0.05, 0.1) is 0 Å². The minimum atomic E-state index is -0.253. The fourth-order valence-electron chi connectivity index (χ4n) is 2.99. The standard InChI is InChI=1S/C19H23N5O2/c1-3-15-6-4-5-7-16(15)21-18(26)17-8-9-20-19(22-17)24-12-10-23(11-13-24)14(2)25/h4-9H,3,10-13H2,1-2H3,(H,21,26). The number of benzene rings is 1. The number of para-hydroxylation sites is 1. The van der Waals surface area contributed by atoms with Crippen molar-refractivity contribution in [1.82, 2.24) is 14.9 Å². The molecule has 0 radical (unpaired) electrons. The number of rotatable bonds is 4. The van der Waals surface area contributed by atoms with Crippen LogP contribution in [0.1, 0.15) is 29.9 Å². The van der Waals surface area contributed by atoms with E-state index in [4.69, 9.17) is 0 Å². The minimum Gasteiger partial charge on any atom is -0.339 e. The van der Waals surface area contributed by atoms with Crippen LogP contribution >= 0.6 is 0 Å². The molecule has 0 bridgehead atoms. The van der Waals surface area contributed by atoms with E-state index in [-0.39, 0.29) is 11.8 Å². The molecule has 1 fully saturated rings. The van der Waals surface area contributed by atoms with Gasteiger partial charge in [-0.3, -0.25) is 9.59 Å². The van der Waals surface area contributed by atoms with Crippen LogP contribution in [0.3, 0.4) is 0 Å². The van der Waals surface area contributed by atoms with E-state index in [9.17, 15) is 9.59 Å². The summed E-state index contributed by atoms with van der Waals surface area (Å²) in [6.45, 7) is 6.21. The van der Waals surface area contributed by atoms with Crippen LogP contribution in [-0.4, -0.2) is 52.9 Å². The maximum atomic E-state index is 12.6. The Morgan fingerprint density at radius 2 is 1.85 bits per heavy atom. The normalized spacial score (nSPS) is 14.2. The number of amides is 2. The van der Waals surface area contributed by atoms with Gasteiger partial charge in [0, 0.05) is 45.0 Å². The summed E-state index contributed by atoms with van der Waals surface area (Å²) in [4.78, 5) is 36.5. The molecule has 3 rings (SSSR count). The van der Waals surface area contributed by atoms with Gasteiger partial charge in [0.2, 0.25) is 11.9 Å². The molecule has 1 aromatic carbocycles. The van der Waals surface area contributed by atoms with Gasteiger partial charge in [0.25, 0.3) is 5.91 Å². The second-order valence-corrected chi connectivity index (χ2v) is 6.20. The van der Waals surface area contributed by atoms with Crippen LogP contribution in [0.25, 0.3) is 0 Å². The largest absolute Gasteiger partial charge is 0.339 e. The molecular formula is C19H23N5O2. The lowest BCUT2D eigenvalue weighted by atomic mass is 10.1. The van der Waals surface area contributed by atoms with Crippen molar-refractivity contribution >= 4 is 23.5 Å². The fourth-order valence-corrected chi connectivity index (χ4v) is 2.99. The molecule has 0 atom stereocenters. The Hall–Kier alpha value is -2.96. The topological polar surface area (TPSA) is 78.4 Å². The first-order valence-electron chi connectivity index (χ1n) is 8.81. The van der Waals surface area contributed by atoms with Crippen molar-refractivity contribution in [3.05, 3.63) is 47.8 Å². The maximum Gasteiger partial charge on any atom is 0.274 e. The monoisotopic (exact) mass is 353 g/mol. The van der Waals surface area contributed by atoms with Gasteiger partial charge in [0.1, 0.15) is 5.69 Å². The van der Waals surface area contributed by atoms with Crippen molar-refractivity contribution in [1.29, 1.82) is 0 Å². The van der Waals surface area contributed by atoms with Gasteiger partial charge in [0.15, 0.2) is 0 Å². The third-order valence-electron chi connectivity index (χ3n) is 4.53. The van der Waals surface area contributed by atoms with Crippen LogP contribution in [0.2, 0.25) is 0 Å². The van der Waals surface area contributed by atoms with Gasteiger partial charge < -0.3 is 15.1 Å². The summed E-state index contributed by atoms with van der Waals surface area (Å²) in [6, 6.07) is 9.35. The van der Waals surface area contributed by atoms with Gasteiger partial charge in [-0.25, -0.2) is 9.97 Å². The maximum absolute atomic E-state index is 12.6. The molecule has 2 aromatic rings. The van der Waals surface area contributed by atoms with Crippen LogP contribution in [0.15, 0.2) is 36.5 Å². The van der Waals surface area contributed by atoms with E-state index < -0.39 is 0 Å². The Bertz CT molecular complexity index is 800. The highest BCUT2D eigenvalue weighted by molar-refractivity contribution is 6.03. The van der Waals surface area contributed by atoms with E-state index in [0.717, 1.165) is 17.7 Å². The molecule has 1 saturated heterocycles. The summed E-state index contributed by atoms with van der Waals surface area (Å²) in [5.41, 5.74) is 2.21. The average molecular weight is 353 g/mol. The highest BCUT2D eigenvalue weighted by atomic mass is 16.2. The zero-order valence-corrected chi connectivity index (χ0v) is 15.1. The van der Waals surface area contributed by atoms with Crippen molar-refractivity contribution in [2.24, 2.45) is 0 Å². The molecule has 1 N–H and O–H groups in total. The van der Waals surface area contributed by atoms with E-state index in [0.29, 0.717) is 37.8 Å².